The van der Waals surface area contributed by atoms with Gasteiger partial charge in [-0.05, 0) is 42.7 Å². The van der Waals surface area contributed by atoms with Gasteiger partial charge in [-0.25, -0.2) is 21.1 Å². The third-order valence-corrected chi connectivity index (χ3v) is 8.57. The number of piperidine rings is 1. The number of sulfonamides is 2. The number of ether oxygens (including phenoxy) is 1. The van der Waals surface area contributed by atoms with Gasteiger partial charge >= 0.3 is 5.97 Å². The van der Waals surface area contributed by atoms with Crippen molar-refractivity contribution in [2.24, 2.45) is 0 Å². The van der Waals surface area contributed by atoms with E-state index >= 15 is 0 Å². The highest BCUT2D eigenvalue weighted by atomic mass is 32.2. The van der Waals surface area contributed by atoms with Crippen molar-refractivity contribution in [1.82, 2.24) is 8.61 Å². The molecule has 9 nitrogen and oxygen atoms in total. The molecular formula is C20H26N2O7S2. The molecule has 0 radical (unpaired) electrons. The molecule has 1 saturated heterocycles. The molecule has 0 amide bonds. The fraction of sp³-hybridized carbons (Fsp3) is 0.450. The zero-order valence-corrected chi connectivity index (χ0v) is 19.1. The maximum atomic E-state index is 12.7. The molecule has 1 aliphatic heterocycles. The molecule has 0 bridgehead atoms. The highest BCUT2D eigenvalue weighted by Crippen LogP contribution is 2.21. The van der Waals surface area contributed by atoms with Gasteiger partial charge in [0.1, 0.15) is 12.4 Å². The SMILES string of the molecule is CN(C)S(=O)(=O)c1ccc(COC(=O)Cc2ccc(S(=O)(=O)N3CCCCC3)cc2)o1. The summed E-state index contributed by atoms with van der Waals surface area (Å²) in [4.78, 5) is 12.3. The van der Waals surface area contributed by atoms with Crippen molar-refractivity contribution in [1.29, 1.82) is 0 Å². The Labute approximate surface area is 182 Å². The molecule has 0 atom stereocenters. The smallest absolute Gasteiger partial charge is 0.310 e. The summed E-state index contributed by atoms with van der Waals surface area (Å²) < 4.78 is 62.3. The second kappa shape index (κ2) is 9.51. The normalized spacial score (nSPS) is 15.8. The molecule has 3 rings (SSSR count). The molecular weight excluding hydrogens is 444 g/mol. The van der Waals surface area contributed by atoms with Crippen LogP contribution in [0.5, 0.6) is 0 Å². The summed E-state index contributed by atoms with van der Waals surface area (Å²) in [6, 6.07) is 8.92. The van der Waals surface area contributed by atoms with Crippen molar-refractivity contribution < 1.29 is 30.8 Å². The predicted octanol–water partition coefficient (Wildman–Crippen LogP) is 1.99. The van der Waals surface area contributed by atoms with E-state index in [0.29, 0.717) is 18.7 Å². The van der Waals surface area contributed by atoms with Crippen LogP contribution in [-0.4, -0.2) is 58.6 Å². The maximum absolute atomic E-state index is 12.7. The van der Waals surface area contributed by atoms with Gasteiger partial charge in [0.2, 0.25) is 15.1 Å². The van der Waals surface area contributed by atoms with Crippen molar-refractivity contribution >= 4 is 26.0 Å². The van der Waals surface area contributed by atoms with E-state index in [0.717, 1.165) is 23.6 Å². The Morgan fingerprint density at radius 3 is 2.26 bits per heavy atom. The van der Waals surface area contributed by atoms with E-state index in [4.69, 9.17) is 9.15 Å². The monoisotopic (exact) mass is 470 g/mol. The van der Waals surface area contributed by atoms with Crippen LogP contribution in [0.15, 0.2) is 50.8 Å². The van der Waals surface area contributed by atoms with Crippen LogP contribution < -0.4 is 0 Å². The van der Waals surface area contributed by atoms with Gasteiger partial charge in [0.05, 0.1) is 11.3 Å². The maximum Gasteiger partial charge on any atom is 0.310 e. The third-order valence-electron chi connectivity index (χ3n) is 4.97. The molecule has 1 fully saturated rings. The summed E-state index contributed by atoms with van der Waals surface area (Å²) in [5, 5.41) is -0.228. The lowest BCUT2D eigenvalue weighted by Crippen LogP contribution is -2.35. The first-order chi connectivity index (χ1) is 14.6. The fourth-order valence-corrected chi connectivity index (χ4v) is 5.49. The van der Waals surface area contributed by atoms with Gasteiger partial charge in [0, 0.05) is 27.2 Å². The minimum Gasteiger partial charge on any atom is -0.457 e. The molecule has 0 aliphatic carbocycles. The first-order valence-corrected chi connectivity index (χ1v) is 12.7. The standard InChI is InChI=1S/C20H26N2O7S2/c1-21(2)31(26,27)20-11-8-17(29-20)15-28-19(23)14-16-6-9-18(10-7-16)30(24,25)22-12-4-3-5-13-22/h6-11H,3-5,12-15H2,1-2H3. The minimum atomic E-state index is -3.69. The van der Waals surface area contributed by atoms with Gasteiger partial charge in [-0.2, -0.15) is 4.31 Å². The van der Waals surface area contributed by atoms with Crippen molar-refractivity contribution in [3.05, 3.63) is 47.7 Å². The van der Waals surface area contributed by atoms with Gasteiger partial charge < -0.3 is 9.15 Å². The lowest BCUT2D eigenvalue weighted by molar-refractivity contribution is -0.144. The zero-order valence-electron chi connectivity index (χ0n) is 17.5. The summed E-state index contributed by atoms with van der Waals surface area (Å²) in [5.41, 5.74) is 0.609. The topological polar surface area (TPSA) is 114 Å². The van der Waals surface area contributed by atoms with Crippen LogP contribution in [0.2, 0.25) is 0 Å². The highest BCUT2D eigenvalue weighted by Gasteiger charge is 2.26. The Morgan fingerprint density at radius 2 is 1.65 bits per heavy atom. The number of furan rings is 1. The number of carbonyl (C=O) groups is 1. The van der Waals surface area contributed by atoms with Crippen LogP contribution in [0.3, 0.4) is 0 Å². The first kappa shape index (κ1) is 23.5. The van der Waals surface area contributed by atoms with Crippen LogP contribution >= 0.6 is 0 Å². The van der Waals surface area contributed by atoms with Gasteiger partial charge in [-0.1, -0.05) is 18.6 Å². The molecule has 1 aromatic carbocycles. The van der Waals surface area contributed by atoms with E-state index in [1.165, 1.54) is 42.7 Å². The molecule has 11 heteroatoms. The molecule has 0 saturated carbocycles. The van der Waals surface area contributed by atoms with Crippen LogP contribution in [0.25, 0.3) is 0 Å². The lowest BCUT2D eigenvalue weighted by atomic mass is 10.1. The molecule has 0 spiro atoms. The number of hydrogen-bond acceptors (Lipinski definition) is 7. The summed E-state index contributed by atoms with van der Waals surface area (Å²) in [5.74, 6) is -0.336. The van der Waals surface area contributed by atoms with Crippen molar-refractivity contribution in [2.45, 2.75) is 42.3 Å². The van der Waals surface area contributed by atoms with Crippen LogP contribution in [-0.2, 0) is 42.6 Å². The van der Waals surface area contributed by atoms with Crippen LogP contribution in [0.1, 0.15) is 30.6 Å². The van der Waals surface area contributed by atoms with E-state index in [-0.39, 0.29) is 28.8 Å². The van der Waals surface area contributed by atoms with E-state index in [9.17, 15) is 21.6 Å². The van der Waals surface area contributed by atoms with E-state index in [1.54, 1.807) is 12.1 Å². The molecule has 0 N–H and O–H groups in total. The molecule has 170 valence electrons. The number of rotatable bonds is 8. The lowest BCUT2D eigenvalue weighted by Gasteiger charge is -2.25. The number of hydrogen-bond donors (Lipinski definition) is 0. The first-order valence-electron chi connectivity index (χ1n) is 9.86. The largest absolute Gasteiger partial charge is 0.457 e. The Kier molecular flexibility index (Phi) is 7.20. The minimum absolute atomic E-state index is 0.0480. The Balaban J connectivity index is 1.56. The Bertz CT molecular complexity index is 1110. The number of benzene rings is 1. The van der Waals surface area contributed by atoms with E-state index in [1.807, 2.05) is 0 Å². The quantitative estimate of drug-likeness (QED) is 0.542. The van der Waals surface area contributed by atoms with Crippen molar-refractivity contribution in [3.8, 4) is 0 Å². The summed E-state index contributed by atoms with van der Waals surface area (Å²) >= 11 is 0. The van der Waals surface area contributed by atoms with Gasteiger partial charge in [-0.15, -0.1) is 0 Å². The average Bonchev–Trinajstić information content (AvgIpc) is 3.23. The summed E-state index contributed by atoms with van der Waals surface area (Å²) in [6.07, 6.45) is 2.72. The predicted molar refractivity (Wildman–Crippen MR) is 112 cm³/mol. The average molecular weight is 471 g/mol. The number of esters is 1. The molecule has 2 heterocycles. The summed E-state index contributed by atoms with van der Waals surface area (Å²) in [6.45, 7) is 0.852. The van der Waals surface area contributed by atoms with Gasteiger partial charge in [-0.3, -0.25) is 4.79 Å². The fourth-order valence-electron chi connectivity index (χ4n) is 3.16. The molecule has 0 unspecified atom stereocenters. The van der Waals surface area contributed by atoms with E-state index in [2.05, 4.69) is 0 Å². The second-order valence-corrected chi connectivity index (χ2v) is 11.5. The van der Waals surface area contributed by atoms with Crippen molar-refractivity contribution in [2.75, 3.05) is 27.2 Å². The molecule has 1 aromatic heterocycles. The van der Waals surface area contributed by atoms with Crippen LogP contribution in [0, 0.1) is 0 Å². The zero-order chi connectivity index (χ0) is 22.6. The van der Waals surface area contributed by atoms with Crippen molar-refractivity contribution in [3.63, 3.8) is 0 Å². The molecule has 2 aromatic rings. The Hall–Kier alpha value is -2.21. The second-order valence-electron chi connectivity index (χ2n) is 7.45. The van der Waals surface area contributed by atoms with Gasteiger partial charge in [0.25, 0.3) is 10.0 Å². The highest BCUT2D eigenvalue weighted by molar-refractivity contribution is 7.89. The Morgan fingerprint density at radius 1 is 1.00 bits per heavy atom. The molecule has 1 aliphatic rings. The van der Waals surface area contributed by atoms with Crippen LogP contribution in [0.4, 0.5) is 0 Å². The summed E-state index contributed by atoms with van der Waals surface area (Å²) in [7, 11) is -4.43. The third kappa shape index (κ3) is 5.53. The number of nitrogens with zero attached hydrogens (tertiary/aromatic N) is 2. The number of carbonyl (C=O) groups excluding carboxylic acids is 1. The van der Waals surface area contributed by atoms with Gasteiger partial charge in [0.15, 0.2) is 0 Å². The molecule has 31 heavy (non-hydrogen) atoms. The van der Waals surface area contributed by atoms with E-state index < -0.39 is 26.0 Å².